The second-order valence-electron chi connectivity index (χ2n) is 17.6. The van der Waals surface area contributed by atoms with Crippen molar-refractivity contribution < 1.29 is 14.4 Å². The molecule has 3 aromatic heterocycles. The molecule has 2 atom stereocenters. The summed E-state index contributed by atoms with van der Waals surface area (Å²) in [5.41, 5.74) is 14.1. The van der Waals surface area contributed by atoms with Crippen LogP contribution in [0.2, 0.25) is 5.02 Å². The van der Waals surface area contributed by atoms with Crippen LogP contribution in [0.3, 0.4) is 0 Å². The standard InChI is InChI=1S/C48H57ClN10O3/c1-31(43-28-39-38(13-18-51-46(39)55(43)2)36-7-11-44(50)52-29-36)57-21-16-34(17-22-57)33-3-5-35(6-4-33)48(62)59-19-14-32(15-20-59)30-56-23-25-58(26-24-56)42-10-8-37(27-40(42)49)53-41-9-12-45(60)54-47(41)61/h3-8,10-11,13,18,27-29,31-32,34,41,53H,9,12,14-17,19-26,30H2,1-2H3,(H2,50,52)(H,54,60,61)/t31-,41?/m0/s1. The van der Waals surface area contributed by atoms with Crippen LogP contribution in [0.5, 0.6) is 0 Å². The Bertz CT molecular complexity index is 2410. The molecule has 0 spiro atoms. The predicted molar refractivity (Wildman–Crippen MR) is 245 cm³/mol. The summed E-state index contributed by atoms with van der Waals surface area (Å²) in [5, 5.41) is 7.38. The molecular weight excluding hydrogens is 800 g/mol. The van der Waals surface area contributed by atoms with Crippen molar-refractivity contribution in [1.82, 2.24) is 34.6 Å². The molecule has 4 saturated heterocycles. The monoisotopic (exact) mass is 856 g/mol. The topological polar surface area (TPSA) is 145 Å². The van der Waals surface area contributed by atoms with Crippen LogP contribution in [0.1, 0.15) is 79.0 Å². The zero-order chi connectivity index (χ0) is 42.9. The molecule has 4 aliphatic heterocycles. The Balaban J connectivity index is 0.716. The normalized spacial score (nSPS) is 20.4. The highest BCUT2D eigenvalue weighted by atomic mass is 35.5. The van der Waals surface area contributed by atoms with Crippen molar-refractivity contribution in [3.05, 3.63) is 101 Å². The van der Waals surface area contributed by atoms with Gasteiger partial charge in [0.15, 0.2) is 0 Å². The molecule has 5 aromatic rings. The van der Waals surface area contributed by atoms with Crippen molar-refractivity contribution in [3.8, 4) is 11.1 Å². The number of fused-ring (bicyclic) bond motifs is 1. The Morgan fingerprint density at radius 1 is 0.887 bits per heavy atom. The zero-order valence-electron chi connectivity index (χ0n) is 35.7. The summed E-state index contributed by atoms with van der Waals surface area (Å²) in [6.07, 6.45) is 8.70. The van der Waals surface area contributed by atoms with Crippen LogP contribution in [-0.4, -0.2) is 112 Å². The van der Waals surface area contributed by atoms with Gasteiger partial charge in [0.05, 0.1) is 10.7 Å². The average Bonchev–Trinajstić information content (AvgIpc) is 3.64. The van der Waals surface area contributed by atoms with Crippen LogP contribution in [0, 0.1) is 5.92 Å². The number of amides is 3. The number of imide groups is 1. The zero-order valence-corrected chi connectivity index (χ0v) is 36.5. The third kappa shape index (κ3) is 8.89. The molecular formula is C48H57ClN10O3. The molecule has 3 amide bonds. The molecule has 0 radical (unpaired) electrons. The molecule has 4 fully saturated rings. The lowest BCUT2D eigenvalue weighted by atomic mass is 9.88. The van der Waals surface area contributed by atoms with Crippen LogP contribution in [0.25, 0.3) is 22.2 Å². The first-order chi connectivity index (χ1) is 30.1. The minimum atomic E-state index is -0.442. The fourth-order valence-electron chi connectivity index (χ4n) is 10.1. The molecule has 1 unspecified atom stereocenters. The highest BCUT2D eigenvalue weighted by Crippen LogP contribution is 2.37. The number of hydrogen-bond acceptors (Lipinski definition) is 10. The molecule has 0 saturated carbocycles. The molecule has 4 aliphatic rings. The summed E-state index contributed by atoms with van der Waals surface area (Å²) in [5.74, 6) is 1.18. The fraction of sp³-hybridized carbons (Fsp3) is 0.438. The number of nitrogens with two attached hydrogens (primary N) is 1. The number of pyridine rings is 2. The first-order valence-corrected chi connectivity index (χ1v) is 22.6. The molecule has 14 heteroatoms. The number of nitrogens with one attached hydrogen (secondary N) is 2. The third-order valence-corrected chi connectivity index (χ3v) is 14.2. The number of carbonyl (C=O) groups excluding carboxylic acids is 3. The number of aromatic nitrogens is 3. The summed E-state index contributed by atoms with van der Waals surface area (Å²) < 4.78 is 2.23. The maximum absolute atomic E-state index is 13.6. The summed E-state index contributed by atoms with van der Waals surface area (Å²) in [7, 11) is 2.11. The minimum absolute atomic E-state index is 0.141. The van der Waals surface area contributed by atoms with E-state index >= 15 is 0 Å². The molecule has 13 nitrogen and oxygen atoms in total. The number of rotatable bonds is 10. The number of halogens is 1. The number of aryl methyl sites for hydroxylation is 1. The van der Waals surface area contributed by atoms with E-state index in [1.807, 2.05) is 59.8 Å². The van der Waals surface area contributed by atoms with E-state index in [-0.39, 0.29) is 23.8 Å². The summed E-state index contributed by atoms with van der Waals surface area (Å²) >= 11 is 6.73. The number of carbonyl (C=O) groups is 3. The lowest BCUT2D eigenvalue weighted by molar-refractivity contribution is -0.133. The van der Waals surface area contributed by atoms with Gasteiger partial charge < -0.3 is 25.4 Å². The smallest absolute Gasteiger partial charge is 0.253 e. The van der Waals surface area contributed by atoms with Crippen molar-refractivity contribution >= 4 is 57.5 Å². The second-order valence-corrected chi connectivity index (χ2v) is 18.0. The quantitative estimate of drug-likeness (QED) is 0.130. The fourth-order valence-corrected chi connectivity index (χ4v) is 10.4. The van der Waals surface area contributed by atoms with Crippen LogP contribution in [0.4, 0.5) is 17.2 Å². The van der Waals surface area contributed by atoms with Crippen molar-refractivity contribution in [2.24, 2.45) is 13.0 Å². The first kappa shape index (κ1) is 41.8. The third-order valence-electron chi connectivity index (χ3n) is 13.9. The molecule has 0 bridgehead atoms. The number of piperidine rings is 3. The SMILES string of the molecule is C[C@@H](c1cc2c(-c3ccc(N)nc3)ccnc2n1C)N1CCC(c2ccc(C(=O)N3CCC(CN4CCN(c5ccc(NC6CCC(=O)NC6=O)cc5Cl)CC4)CC3)cc2)CC1. The van der Waals surface area contributed by atoms with Gasteiger partial charge in [-0.05, 0) is 130 Å². The van der Waals surface area contributed by atoms with Gasteiger partial charge in [-0.2, -0.15) is 0 Å². The number of nitrogens with zero attached hydrogens (tertiary/aromatic N) is 7. The molecule has 2 aromatic carbocycles. The van der Waals surface area contributed by atoms with Crippen LogP contribution in [-0.2, 0) is 16.6 Å². The molecule has 0 aliphatic carbocycles. The van der Waals surface area contributed by atoms with E-state index < -0.39 is 6.04 Å². The lowest BCUT2D eigenvalue weighted by Gasteiger charge is -2.40. The first-order valence-electron chi connectivity index (χ1n) is 22.2. The van der Waals surface area contributed by atoms with Gasteiger partial charge in [-0.3, -0.25) is 29.5 Å². The number of piperazine rings is 1. The Kier molecular flexibility index (Phi) is 12.2. The van der Waals surface area contributed by atoms with Crippen molar-refractivity contribution in [2.45, 2.75) is 63.5 Å². The molecule has 324 valence electrons. The van der Waals surface area contributed by atoms with Gasteiger partial charge in [0, 0.05) is 106 Å². The summed E-state index contributed by atoms with van der Waals surface area (Å²) in [4.78, 5) is 55.9. The highest BCUT2D eigenvalue weighted by molar-refractivity contribution is 6.33. The summed E-state index contributed by atoms with van der Waals surface area (Å²) in [6.45, 7) is 10.7. The van der Waals surface area contributed by atoms with Gasteiger partial charge in [-0.25, -0.2) is 9.97 Å². The lowest BCUT2D eigenvalue weighted by Crippen LogP contribution is -2.49. The van der Waals surface area contributed by atoms with Crippen LogP contribution >= 0.6 is 11.6 Å². The highest BCUT2D eigenvalue weighted by Gasteiger charge is 2.30. The Morgan fingerprint density at radius 3 is 2.34 bits per heavy atom. The predicted octanol–water partition coefficient (Wildman–Crippen LogP) is 6.70. The number of benzene rings is 2. The van der Waals surface area contributed by atoms with E-state index in [1.54, 1.807) is 0 Å². The summed E-state index contributed by atoms with van der Waals surface area (Å²) in [6, 6.07) is 22.3. The largest absolute Gasteiger partial charge is 0.384 e. The average molecular weight is 858 g/mol. The Labute approximate surface area is 368 Å². The van der Waals surface area contributed by atoms with Gasteiger partial charge in [0.25, 0.3) is 5.91 Å². The van der Waals surface area contributed by atoms with Crippen molar-refractivity contribution in [1.29, 1.82) is 0 Å². The van der Waals surface area contributed by atoms with Gasteiger partial charge in [-0.15, -0.1) is 0 Å². The van der Waals surface area contributed by atoms with E-state index in [0.29, 0.717) is 35.5 Å². The number of nitrogen functional groups attached to an aromatic ring is 1. The minimum Gasteiger partial charge on any atom is -0.384 e. The van der Waals surface area contributed by atoms with E-state index in [0.717, 1.165) is 124 Å². The maximum atomic E-state index is 13.6. The van der Waals surface area contributed by atoms with Crippen molar-refractivity contribution in [2.75, 3.05) is 74.9 Å². The molecule has 9 rings (SSSR count). The Morgan fingerprint density at radius 2 is 1.65 bits per heavy atom. The van der Waals surface area contributed by atoms with E-state index in [1.165, 1.54) is 11.3 Å². The number of hydrogen-bond donors (Lipinski definition) is 3. The van der Waals surface area contributed by atoms with Gasteiger partial charge >= 0.3 is 0 Å². The van der Waals surface area contributed by atoms with Crippen LogP contribution in [0.15, 0.2) is 79.1 Å². The van der Waals surface area contributed by atoms with E-state index in [4.69, 9.17) is 22.3 Å². The van der Waals surface area contributed by atoms with E-state index in [2.05, 4.69) is 73.1 Å². The second kappa shape index (κ2) is 18.1. The van der Waals surface area contributed by atoms with E-state index in [9.17, 15) is 14.4 Å². The van der Waals surface area contributed by atoms with Crippen molar-refractivity contribution in [3.63, 3.8) is 0 Å². The van der Waals surface area contributed by atoms with Gasteiger partial charge in [-0.1, -0.05) is 23.7 Å². The molecule has 4 N–H and O–H groups in total. The maximum Gasteiger partial charge on any atom is 0.253 e. The number of anilines is 3. The van der Waals surface area contributed by atoms with Gasteiger partial charge in [0.1, 0.15) is 17.5 Å². The van der Waals surface area contributed by atoms with Crippen LogP contribution < -0.4 is 21.3 Å². The molecule has 7 heterocycles. The van der Waals surface area contributed by atoms with Gasteiger partial charge in [0.2, 0.25) is 11.8 Å². The number of likely N-dealkylation sites (tertiary alicyclic amines) is 2. The molecule has 62 heavy (non-hydrogen) atoms. The Hall–Kier alpha value is -5.50.